The SMILES string of the molecule is C[C@H]1[C@H]([Si](C)(C)O)[C@@H](CC(=O)N2Cc3ccccc3C[C@H]2CO)O[C@]12C(=O)N(Cc1cccc(NC(=O)[C@H]3O[C@@H](O)[C@H](O)[C@@H](O)[C@@H]3O)c1)c1ccccc12. The monoisotopic (exact) mass is 761 g/mol. The summed E-state index contributed by atoms with van der Waals surface area (Å²) < 4.78 is 11.9. The molecule has 3 aromatic rings. The van der Waals surface area contributed by atoms with E-state index in [0.29, 0.717) is 29.8 Å². The largest absolute Gasteiger partial charge is 0.432 e. The van der Waals surface area contributed by atoms with Gasteiger partial charge in [0.05, 0.1) is 37.4 Å². The van der Waals surface area contributed by atoms with Crippen LogP contribution in [0.4, 0.5) is 11.4 Å². The predicted molar refractivity (Wildman–Crippen MR) is 197 cm³/mol. The Hall–Kier alpha value is -4.03. The number of para-hydroxylation sites is 1. The number of ether oxygens (including phenoxy) is 2. The molecule has 3 amide bonds. The molecule has 1 spiro atoms. The molecule has 10 atom stereocenters. The number of hydrogen-bond donors (Lipinski definition) is 7. The molecule has 2 saturated heterocycles. The van der Waals surface area contributed by atoms with Gasteiger partial charge >= 0.3 is 0 Å². The first kappa shape index (κ1) is 38.2. The van der Waals surface area contributed by atoms with Crippen molar-refractivity contribution in [3.63, 3.8) is 0 Å². The summed E-state index contributed by atoms with van der Waals surface area (Å²) in [6, 6.07) is 21.4. The van der Waals surface area contributed by atoms with Crippen LogP contribution < -0.4 is 10.2 Å². The average Bonchev–Trinajstić information content (AvgIpc) is 3.57. The molecule has 4 aliphatic heterocycles. The summed E-state index contributed by atoms with van der Waals surface area (Å²) in [6.07, 6.45) is -9.26. The van der Waals surface area contributed by atoms with Crippen LogP contribution in [0.15, 0.2) is 72.8 Å². The van der Waals surface area contributed by atoms with Crippen molar-refractivity contribution in [1.29, 1.82) is 0 Å². The van der Waals surface area contributed by atoms with Gasteiger partial charge in [-0.15, -0.1) is 0 Å². The van der Waals surface area contributed by atoms with Crippen molar-refractivity contribution in [2.45, 2.75) is 99.9 Å². The number of hydrogen-bond acceptors (Lipinski definition) is 11. The van der Waals surface area contributed by atoms with Crippen molar-refractivity contribution < 1.29 is 54.2 Å². The van der Waals surface area contributed by atoms with Crippen LogP contribution in [0.3, 0.4) is 0 Å². The maximum atomic E-state index is 14.9. The van der Waals surface area contributed by atoms with Gasteiger partial charge in [0.1, 0.15) is 18.3 Å². The van der Waals surface area contributed by atoms with Crippen LogP contribution >= 0.6 is 0 Å². The molecular formula is C39H47N3O11Si. The van der Waals surface area contributed by atoms with E-state index in [1.165, 1.54) is 0 Å². The second-order valence-electron chi connectivity index (χ2n) is 15.4. The van der Waals surface area contributed by atoms with Crippen molar-refractivity contribution >= 4 is 37.4 Å². The quantitative estimate of drug-likeness (QED) is 0.162. The second kappa shape index (κ2) is 14.6. The molecule has 0 radical (unpaired) electrons. The molecule has 2 fully saturated rings. The molecule has 15 heteroatoms. The van der Waals surface area contributed by atoms with Gasteiger partial charge in [0.15, 0.2) is 26.3 Å². The minimum atomic E-state index is -3.07. The minimum absolute atomic E-state index is 0.0726. The van der Waals surface area contributed by atoms with E-state index >= 15 is 0 Å². The van der Waals surface area contributed by atoms with E-state index < -0.39 is 74.1 Å². The Balaban J connectivity index is 1.14. The summed E-state index contributed by atoms with van der Waals surface area (Å²) in [5, 5.41) is 52.9. The zero-order valence-corrected chi connectivity index (χ0v) is 31.3. The Morgan fingerprint density at radius 3 is 2.37 bits per heavy atom. The number of aliphatic hydroxyl groups is 5. The molecule has 4 heterocycles. The van der Waals surface area contributed by atoms with E-state index in [9.17, 15) is 44.7 Å². The Bertz CT molecular complexity index is 1920. The van der Waals surface area contributed by atoms with Gasteiger partial charge in [-0.05, 0) is 54.4 Å². The summed E-state index contributed by atoms with van der Waals surface area (Å²) in [4.78, 5) is 57.0. The fourth-order valence-electron chi connectivity index (χ4n) is 8.94. The molecular weight excluding hydrogens is 715 g/mol. The molecule has 0 saturated carbocycles. The maximum absolute atomic E-state index is 14.9. The van der Waals surface area contributed by atoms with Crippen LogP contribution in [0.25, 0.3) is 0 Å². The first-order chi connectivity index (χ1) is 25.6. The summed E-state index contributed by atoms with van der Waals surface area (Å²) in [7, 11) is -3.07. The van der Waals surface area contributed by atoms with Gasteiger partial charge in [-0.3, -0.25) is 14.4 Å². The van der Waals surface area contributed by atoms with Crippen LogP contribution in [0.5, 0.6) is 0 Å². The van der Waals surface area contributed by atoms with Gasteiger partial charge in [0, 0.05) is 29.3 Å². The Kier molecular flexibility index (Phi) is 10.3. The Morgan fingerprint density at radius 2 is 1.65 bits per heavy atom. The normalized spacial score (nSPS) is 32.1. The van der Waals surface area contributed by atoms with Crippen LogP contribution in [0.2, 0.25) is 18.6 Å². The Morgan fingerprint density at radius 1 is 0.944 bits per heavy atom. The van der Waals surface area contributed by atoms with E-state index in [4.69, 9.17) is 9.47 Å². The number of rotatable bonds is 8. The lowest BCUT2D eigenvalue weighted by molar-refractivity contribution is -0.274. The minimum Gasteiger partial charge on any atom is -0.432 e. The highest BCUT2D eigenvalue weighted by Gasteiger charge is 2.66. The lowest BCUT2D eigenvalue weighted by Gasteiger charge is -2.37. The fourth-order valence-corrected chi connectivity index (χ4v) is 11.5. The van der Waals surface area contributed by atoms with Crippen molar-refractivity contribution in [3.05, 3.63) is 95.1 Å². The van der Waals surface area contributed by atoms with Gasteiger partial charge in [0.2, 0.25) is 5.91 Å². The number of fused-ring (bicyclic) bond motifs is 3. The van der Waals surface area contributed by atoms with Gasteiger partial charge in [-0.2, -0.15) is 0 Å². The highest BCUT2D eigenvalue weighted by atomic mass is 28.4. The summed E-state index contributed by atoms with van der Waals surface area (Å²) in [6.45, 7) is 5.71. The molecule has 7 N–H and O–H groups in total. The van der Waals surface area contributed by atoms with Gasteiger partial charge < -0.3 is 54.9 Å². The smallest absolute Gasteiger partial charge is 0.264 e. The molecule has 7 rings (SSSR count). The number of aliphatic hydroxyl groups excluding tert-OH is 5. The number of carbonyl (C=O) groups is 3. The molecule has 54 heavy (non-hydrogen) atoms. The molecule has 0 aromatic heterocycles. The van der Waals surface area contributed by atoms with Crippen molar-refractivity contribution in [3.8, 4) is 0 Å². The standard InChI is InChI=1S/C39H47N3O11Si/c1-21-35(54(2,3)51)29(17-30(44)41-19-24-11-5-4-10-23(24)16-26(41)20-43)53-39(21)27-13-6-7-14-28(27)42(38(39)50)18-22-9-8-12-25(15-22)40-36(48)34-32(46)31(45)33(47)37(49)52-34/h4-15,21,26,29,31-35,37,43,45-47,49,51H,16-20H2,1-3H3,(H,40,48)/t21-,26-,29+,31-,32-,33+,34-,35-,37+,39+/m0/s1. The second-order valence-corrected chi connectivity index (χ2v) is 19.4. The number of benzene rings is 3. The molecule has 0 unspecified atom stereocenters. The molecule has 0 aliphatic carbocycles. The van der Waals surface area contributed by atoms with E-state index in [1.54, 1.807) is 47.2 Å². The van der Waals surface area contributed by atoms with E-state index in [-0.39, 0.29) is 37.1 Å². The highest BCUT2D eigenvalue weighted by molar-refractivity contribution is 6.71. The van der Waals surface area contributed by atoms with E-state index in [2.05, 4.69) is 5.32 Å². The summed E-state index contributed by atoms with van der Waals surface area (Å²) in [5.41, 5.74) is 2.28. The van der Waals surface area contributed by atoms with Crippen LogP contribution in [0.1, 0.15) is 35.6 Å². The van der Waals surface area contributed by atoms with Crippen molar-refractivity contribution in [1.82, 2.24) is 4.90 Å². The first-order valence-corrected chi connectivity index (χ1v) is 21.2. The molecule has 288 valence electrons. The topological polar surface area (TPSA) is 210 Å². The first-order valence-electron chi connectivity index (χ1n) is 18.2. The third-order valence-corrected chi connectivity index (χ3v) is 14.0. The third-order valence-electron chi connectivity index (χ3n) is 11.5. The lowest BCUT2D eigenvalue weighted by atomic mass is 9.82. The molecule has 14 nitrogen and oxygen atoms in total. The predicted octanol–water partition coefficient (Wildman–Crippen LogP) is 1.11. The summed E-state index contributed by atoms with van der Waals surface area (Å²) >= 11 is 0. The van der Waals surface area contributed by atoms with Crippen molar-refractivity contribution in [2.24, 2.45) is 5.92 Å². The van der Waals surface area contributed by atoms with Crippen LogP contribution in [-0.2, 0) is 49.0 Å². The van der Waals surface area contributed by atoms with Gasteiger partial charge in [-0.1, -0.05) is 61.5 Å². The third kappa shape index (κ3) is 6.56. The number of nitrogens with one attached hydrogen (secondary N) is 1. The maximum Gasteiger partial charge on any atom is 0.264 e. The molecule has 4 aliphatic rings. The van der Waals surface area contributed by atoms with Crippen molar-refractivity contribution in [2.75, 3.05) is 16.8 Å². The number of anilines is 2. The van der Waals surface area contributed by atoms with E-state index in [1.807, 2.05) is 55.5 Å². The zero-order chi connectivity index (χ0) is 38.7. The number of carbonyl (C=O) groups excluding carboxylic acids is 3. The number of amides is 3. The highest BCUT2D eigenvalue weighted by Crippen LogP contribution is 2.59. The van der Waals surface area contributed by atoms with Gasteiger partial charge in [-0.25, -0.2) is 0 Å². The molecule has 3 aromatic carbocycles. The van der Waals surface area contributed by atoms with Gasteiger partial charge in [0.25, 0.3) is 11.8 Å². The molecule has 0 bridgehead atoms. The number of nitrogens with zero attached hydrogens (tertiary/aromatic N) is 2. The summed E-state index contributed by atoms with van der Waals surface area (Å²) in [5.74, 6) is -1.93. The fraction of sp³-hybridized carbons (Fsp3) is 0.462. The lowest BCUT2D eigenvalue weighted by Crippen LogP contribution is -2.60. The Labute approximate surface area is 313 Å². The van der Waals surface area contributed by atoms with Crippen LogP contribution in [0, 0.1) is 5.92 Å². The van der Waals surface area contributed by atoms with E-state index in [0.717, 1.165) is 11.1 Å². The van der Waals surface area contributed by atoms with Crippen LogP contribution in [-0.4, -0.2) is 111 Å². The average molecular weight is 762 g/mol. The zero-order valence-electron chi connectivity index (χ0n) is 30.3.